The van der Waals surface area contributed by atoms with Crippen LogP contribution in [0.25, 0.3) is 27.7 Å². The molecule has 274 valence electrons. The maximum absolute atomic E-state index is 11.4. The van der Waals surface area contributed by atoms with E-state index in [1.54, 1.807) is 17.6 Å². The zero-order chi connectivity index (χ0) is 37.5. The number of anilines is 3. The monoisotopic (exact) mass is 719 g/mol. The van der Waals surface area contributed by atoms with Gasteiger partial charge in [0.25, 0.3) is 0 Å². The number of rotatable bonds is 12. The van der Waals surface area contributed by atoms with Crippen molar-refractivity contribution >= 4 is 40.4 Å². The van der Waals surface area contributed by atoms with E-state index in [1.807, 2.05) is 42.6 Å². The predicted molar refractivity (Wildman–Crippen MR) is 203 cm³/mol. The summed E-state index contributed by atoms with van der Waals surface area (Å²) in [6.45, 7) is 13.4. The number of nitrogens with zero attached hydrogens (tertiary/aromatic N) is 6. The zero-order valence-corrected chi connectivity index (χ0v) is 30.1. The molecule has 1 aliphatic rings. The molecule has 0 saturated heterocycles. The van der Waals surface area contributed by atoms with Crippen molar-refractivity contribution in [3.8, 4) is 11.3 Å². The lowest BCUT2D eigenvalue weighted by atomic mass is 9.99. The number of carbonyl (C=O) groups excluding carboxylic acids is 1. The lowest BCUT2D eigenvalue weighted by Gasteiger charge is -2.25. The van der Waals surface area contributed by atoms with Crippen molar-refractivity contribution in [3.63, 3.8) is 0 Å². The highest BCUT2D eigenvalue weighted by molar-refractivity contribution is 5.97. The van der Waals surface area contributed by atoms with Crippen molar-refractivity contribution in [2.75, 3.05) is 35.6 Å². The van der Waals surface area contributed by atoms with E-state index < -0.39 is 5.82 Å². The number of amides is 1. The van der Waals surface area contributed by atoms with Crippen LogP contribution in [0.15, 0.2) is 98.6 Å². The van der Waals surface area contributed by atoms with Gasteiger partial charge in [0.05, 0.1) is 24.3 Å². The van der Waals surface area contributed by atoms with E-state index in [0.717, 1.165) is 64.0 Å². The third kappa shape index (κ3) is 8.84. The second-order valence-electron chi connectivity index (χ2n) is 13.0. The second kappa shape index (κ2) is 16.5. The van der Waals surface area contributed by atoms with Crippen LogP contribution in [0.3, 0.4) is 0 Å². The van der Waals surface area contributed by atoms with Gasteiger partial charge in [-0.3, -0.25) is 14.7 Å². The van der Waals surface area contributed by atoms with Crippen molar-refractivity contribution in [1.29, 1.82) is 0 Å². The highest BCUT2D eigenvalue weighted by Crippen LogP contribution is 2.31. The second-order valence-corrected chi connectivity index (χ2v) is 13.0. The molecule has 1 aliphatic heterocycles. The van der Waals surface area contributed by atoms with E-state index in [2.05, 4.69) is 64.6 Å². The molecule has 0 saturated carbocycles. The van der Waals surface area contributed by atoms with Gasteiger partial charge in [-0.15, -0.1) is 0 Å². The lowest BCUT2D eigenvalue weighted by Crippen LogP contribution is -2.29. The quantitative estimate of drug-likeness (QED) is 0.0866. The molecule has 5 heterocycles. The molecule has 0 atom stereocenters. The molecule has 14 heteroatoms. The van der Waals surface area contributed by atoms with Gasteiger partial charge in [0.15, 0.2) is 11.4 Å². The largest absolute Gasteiger partial charge is 0.519 e. The van der Waals surface area contributed by atoms with Crippen molar-refractivity contribution in [3.05, 3.63) is 118 Å². The third-order valence-electron chi connectivity index (χ3n) is 8.78. The number of pyridine rings is 1. The summed E-state index contributed by atoms with van der Waals surface area (Å²) in [6, 6.07) is 15.9. The number of hydrogen-bond acceptors (Lipinski definition) is 11. The van der Waals surface area contributed by atoms with E-state index in [1.165, 1.54) is 12.5 Å². The van der Waals surface area contributed by atoms with Crippen LogP contribution >= 0.6 is 0 Å². The maximum Gasteiger partial charge on any atom is 0.519 e. The van der Waals surface area contributed by atoms with Gasteiger partial charge in [-0.05, 0) is 55.3 Å². The van der Waals surface area contributed by atoms with Gasteiger partial charge in [0.1, 0.15) is 5.76 Å². The minimum atomic E-state index is -0.662. The minimum Gasteiger partial charge on any atom is -0.396 e. The number of halogens is 1. The van der Waals surface area contributed by atoms with Gasteiger partial charge < -0.3 is 24.8 Å². The molecule has 7 rings (SSSR count). The van der Waals surface area contributed by atoms with Gasteiger partial charge in [-0.2, -0.15) is 19.6 Å². The van der Waals surface area contributed by atoms with Crippen LogP contribution in [-0.2, 0) is 17.9 Å². The van der Waals surface area contributed by atoms with Gasteiger partial charge >= 0.3 is 5.82 Å². The summed E-state index contributed by atoms with van der Waals surface area (Å²) in [5.74, 6) is 1.41. The van der Waals surface area contributed by atoms with Crippen LogP contribution < -0.4 is 21.8 Å². The fourth-order valence-electron chi connectivity index (χ4n) is 6.10. The Labute approximate surface area is 305 Å². The molecule has 0 aliphatic carbocycles. The molecule has 13 nitrogen and oxygen atoms in total. The third-order valence-corrected chi connectivity index (χ3v) is 8.78. The van der Waals surface area contributed by atoms with E-state index >= 15 is 0 Å². The molecule has 1 amide bonds. The molecule has 0 radical (unpaired) electrons. The SMILES string of the molecule is C=C(C)F.Cc1oc(=O)oc1CN1CC=C(CNc2nc(NCc3ccccc3-c3nccc4cc(NC=O)ccc34)n3ncc(C(C)C)c3n2)CC1. The summed E-state index contributed by atoms with van der Waals surface area (Å²) in [7, 11) is 0. The van der Waals surface area contributed by atoms with E-state index in [-0.39, 0.29) is 11.7 Å². The molecule has 3 N–H and O–H groups in total. The Balaban J connectivity index is 0.00000114. The van der Waals surface area contributed by atoms with Gasteiger partial charge in [0, 0.05) is 54.6 Å². The number of aryl methyl sites for hydroxylation is 1. The number of benzene rings is 2. The summed E-state index contributed by atoms with van der Waals surface area (Å²) in [6.07, 6.45) is 7.37. The Morgan fingerprint density at radius 2 is 1.91 bits per heavy atom. The van der Waals surface area contributed by atoms with Crippen LogP contribution in [0.2, 0.25) is 0 Å². The van der Waals surface area contributed by atoms with Crippen LogP contribution in [-0.4, -0.2) is 55.5 Å². The lowest BCUT2D eigenvalue weighted by molar-refractivity contribution is -0.105. The molecule has 6 aromatic rings. The van der Waals surface area contributed by atoms with Crippen molar-refractivity contribution in [1.82, 2.24) is 29.5 Å². The van der Waals surface area contributed by atoms with Crippen LogP contribution in [0.4, 0.5) is 22.0 Å². The highest BCUT2D eigenvalue weighted by Gasteiger charge is 2.19. The molecule has 0 unspecified atom stereocenters. The first-order chi connectivity index (χ1) is 25.6. The zero-order valence-electron chi connectivity index (χ0n) is 30.1. The van der Waals surface area contributed by atoms with Crippen LogP contribution in [0.5, 0.6) is 0 Å². The number of allylic oxidation sites excluding steroid dienone is 1. The fraction of sp³-hybridized carbons (Fsp3) is 0.282. The van der Waals surface area contributed by atoms with Crippen LogP contribution in [0.1, 0.15) is 55.8 Å². The fourth-order valence-corrected chi connectivity index (χ4v) is 6.10. The first kappa shape index (κ1) is 36.6. The van der Waals surface area contributed by atoms with E-state index in [4.69, 9.17) is 23.8 Å². The molecule has 53 heavy (non-hydrogen) atoms. The average Bonchev–Trinajstić information content (AvgIpc) is 3.71. The average molecular weight is 720 g/mol. The molecular weight excluding hydrogens is 677 g/mol. The standard InChI is InChI=1S/C36H37N9O4.C3H5F/c1-22(2)30-19-41-45-33(30)42-34(38-17-24-11-14-44(15-12-24)20-31-23(3)48-36(47)49-31)43-35(45)39-18-26-6-4-5-7-28(26)32-29-9-8-27(40-21-46)16-25(29)10-13-37-32;1-3(2)4/h4-11,13,16,19,21-22H,12,14-15,17-18,20H2,1-3H3,(H,40,46)(H2,38,39,42,43);1H2,2H3. The summed E-state index contributed by atoms with van der Waals surface area (Å²) >= 11 is 0. The topological polar surface area (TPSA) is 156 Å². The molecule has 2 aromatic carbocycles. The van der Waals surface area contributed by atoms with Gasteiger partial charge in [0.2, 0.25) is 18.3 Å². The molecule has 0 fully saturated rings. The normalized spacial score (nSPS) is 13.1. The smallest absolute Gasteiger partial charge is 0.396 e. The first-order valence-corrected chi connectivity index (χ1v) is 17.3. The Kier molecular flexibility index (Phi) is 11.4. The molecule has 4 aromatic heterocycles. The number of aromatic nitrogens is 5. The van der Waals surface area contributed by atoms with Crippen LogP contribution in [0, 0.1) is 6.92 Å². The Morgan fingerprint density at radius 1 is 1.09 bits per heavy atom. The number of nitrogens with one attached hydrogen (secondary N) is 3. The molecule has 0 spiro atoms. The van der Waals surface area contributed by atoms with Gasteiger partial charge in [-0.1, -0.05) is 62.4 Å². The summed E-state index contributed by atoms with van der Waals surface area (Å²) in [5.41, 5.74) is 6.65. The van der Waals surface area contributed by atoms with Gasteiger partial charge in [-0.25, -0.2) is 9.18 Å². The summed E-state index contributed by atoms with van der Waals surface area (Å²) < 4.78 is 22.7. The van der Waals surface area contributed by atoms with E-state index in [0.29, 0.717) is 49.5 Å². The Hall–Kier alpha value is -6.15. The molecule has 0 bridgehead atoms. The number of fused-ring (bicyclic) bond motifs is 2. The number of carbonyl (C=O) groups is 1. The minimum absolute atomic E-state index is 0.226. The predicted octanol–water partition coefficient (Wildman–Crippen LogP) is 7.23. The Morgan fingerprint density at radius 3 is 2.62 bits per heavy atom. The van der Waals surface area contributed by atoms with E-state index in [9.17, 15) is 14.0 Å². The summed E-state index contributed by atoms with van der Waals surface area (Å²) in [5, 5.41) is 16.3. The highest BCUT2D eigenvalue weighted by atomic mass is 19.1. The van der Waals surface area contributed by atoms with Crippen molar-refractivity contribution in [2.24, 2.45) is 0 Å². The van der Waals surface area contributed by atoms with Crippen molar-refractivity contribution in [2.45, 2.75) is 53.1 Å². The Bertz CT molecular complexity index is 2340. The molecular formula is C39H42FN9O4. The van der Waals surface area contributed by atoms with Crippen molar-refractivity contribution < 1.29 is 18.0 Å². The first-order valence-electron chi connectivity index (χ1n) is 17.3. The maximum atomic E-state index is 11.4. The summed E-state index contributed by atoms with van der Waals surface area (Å²) in [4.78, 5) is 39.1. The number of hydrogen-bond donors (Lipinski definition) is 3.